The molecule has 0 bridgehead atoms. The molecule has 3 aliphatic heterocycles. The van der Waals surface area contributed by atoms with Gasteiger partial charge in [-0.25, -0.2) is 0 Å². The molecule has 244 valence electrons. The second-order valence-corrected chi connectivity index (χ2v) is 16.2. The van der Waals surface area contributed by atoms with Crippen LogP contribution in [0.15, 0.2) is 109 Å². The molecule has 0 N–H and O–H groups in total. The first kappa shape index (κ1) is 29.7. The van der Waals surface area contributed by atoms with E-state index in [2.05, 4.69) is 179 Å². The number of aromatic nitrogens is 1. The topological polar surface area (TPSA) is 11.4 Å². The SMILES string of the molecule is Cc1ccc(N(c2ccc(C)cc2)c2cc3c4c(c2)-n2c5ccc(C)cc5c5cc(C)cc(c52)B4c2cccc4c2N3C(C)(C)C4(C)C)cc1. The molecule has 3 aliphatic rings. The summed E-state index contributed by atoms with van der Waals surface area (Å²) in [6.07, 6.45) is 0. The predicted octanol–water partition coefficient (Wildman–Crippen LogP) is 9.84. The summed E-state index contributed by atoms with van der Waals surface area (Å²) in [6.45, 7) is 18.7. The zero-order valence-electron chi connectivity index (χ0n) is 30.3. The minimum atomic E-state index is -0.167. The van der Waals surface area contributed by atoms with Gasteiger partial charge >= 0.3 is 0 Å². The Hall–Kier alpha value is -5.22. The molecule has 1 aromatic heterocycles. The van der Waals surface area contributed by atoms with E-state index in [1.807, 2.05) is 0 Å². The Morgan fingerprint density at radius 3 is 1.86 bits per heavy atom. The predicted molar refractivity (Wildman–Crippen MR) is 215 cm³/mol. The molecule has 4 heterocycles. The van der Waals surface area contributed by atoms with Crippen LogP contribution in [0.1, 0.15) is 55.5 Å². The number of fused-ring (bicyclic) bond motifs is 7. The first-order chi connectivity index (χ1) is 24.0. The summed E-state index contributed by atoms with van der Waals surface area (Å²) in [5.74, 6) is 0. The first-order valence-corrected chi connectivity index (χ1v) is 18.1. The van der Waals surface area contributed by atoms with Gasteiger partial charge in [0, 0.05) is 55.7 Å². The Morgan fingerprint density at radius 2 is 1.18 bits per heavy atom. The van der Waals surface area contributed by atoms with Gasteiger partial charge in [0.1, 0.15) is 0 Å². The van der Waals surface area contributed by atoms with Crippen LogP contribution in [-0.4, -0.2) is 16.8 Å². The summed E-state index contributed by atoms with van der Waals surface area (Å²) in [6, 6.07) is 42.0. The molecule has 0 atom stereocenters. The number of aryl methyl sites for hydroxylation is 4. The highest BCUT2D eigenvalue weighted by atomic mass is 15.3. The Balaban J connectivity index is 1.39. The van der Waals surface area contributed by atoms with E-state index in [0.29, 0.717) is 0 Å². The summed E-state index contributed by atoms with van der Waals surface area (Å²) in [5, 5.41) is 2.68. The van der Waals surface area contributed by atoms with Gasteiger partial charge in [-0.15, -0.1) is 0 Å². The van der Waals surface area contributed by atoms with Crippen LogP contribution in [0.25, 0.3) is 27.5 Å². The minimum Gasteiger partial charge on any atom is -0.335 e. The lowest BCUT2D eigenvalue weighted by Crippen LogP contribution is -2.63. The van der Waals surface area contributed by atoms with Gasteiger partial charge in [0.2, 0.25) is 0 Å². The molecule has 0 aliphatic carbocycles. The third kappa shape index (κ3) is 3.66. The standard InChI is InChI=1S/C46H42BN3/c1-27-12-17-31(18-13-27)48(32-19-14-28(2)15-20-32)33-25-40-42-41(26-33)50-44-36(45(5,6)46(50,7)8)10-9-11-37(44)47(42)38-24-30(4)23-35-34-22-29(3)16-21-39(34)49(40)43(35)38/h9-26H,1-8H3. The van der Waals surface area contributed by atoms with E-state index in [0.717, 1.165) is 11.4 Å². The lowest BCUT2D eigenvalue weighted by molar-refractivity contribution is 0.330. The number of rotatable bonds is 3. The van der Waals surface area contributed by atoms with E-state index in [1.165, 1.54) is 88.8 Å². The molecule has 50 heavy (non-hydrogen) atoms. The largest absolute Gasteiger partial charge is 0.335 e. The first-order valence-electron chi connectivity index (χ1n) is 18.1. The number of hydrogen-bond donors (Lipinski definition) is 0. The minimum absolute atomic E-state index is 0.0657. The van der Waals surface area contributed by atoms with Crippen LogP contribution in [0.5, 0.6) is 0 Å². The third-order valence-corrected chi connectivity index (χ3v) is 12.6. The van der Waals surface area contributed by atoms with Crippen molar-refractivity contribution in [2.75, 3.05) is 9.80 Å². The van der Waals surface area contributed by atoms with Gasteiger partial charge in [-0.2, -0.15) is 0 Å². The molecule has 0 saturated carbocycles. The molecule has 0 fully saturated rings. The van der Waals surface area contributed by atoms with Crippen molar-refractivity contribution >= 4 is 73.3 Å². The van der Waals surface area contributed by atoms with Crippen molar-refractivity contribution in [2.45, 2.75) is 66.3 Å². The fraction of sp³-hybridized carbons (Fsp3) is 0.217. The maximum atomic E-state index is 2.72. The van der Waals surface area contributed by atoms with Crippen molar-refractivity contribution in [1.82, 2.24) is 4.57 Å². The Labute approximate surface area is 295 Å². The molecular formula is C46H42BN3. The smallest absolute Gasteiger partial charge is 0.252 e. The summed E-state index contributed by atoms with van der Waals surface area (Å²) in [7, 11) is 0. The van der Waals surface area contributed by atoms with Crippen molar-refractivity contribution in [3.63, 3.8) is 0 Å². The van der Waals surface area contributed by atoms with Crippen LogP contribution < -0.4 is 26.2 Å². The van der Waals surface area contributed by atoms with Gasteiger partial charge in [-0.1, -0.05) is 90.7 Å². The maximum absolute atomic E-state index is 2.72. The lowest BCUT2D eigenvalue weighted by Gasteiger charge is -2.47. The third-order valence-electron chi connectivity index (χ3n) is 12.6. The Bertz CT molecular complexity index is 2540. The van der Waals surface area contributed by atoms with Crippen molar-refractivity contribution in [3.05, 3.63) is 137 Å². The van der Waals surface area contributed by atoms with Crippen molar-refractivity contribution in [1.29, 1.82) is 0 Å². The molecule has 4 heteroatoms. The van der Waals surface area contributed by atoms with Gasteiger partial charge in [0.15, 0.2) is 0 Å². The van der Waals surface area contributed by atoms with Crippen molar-refractivity contribution in [2.24, 2.45) is 0 Å². The zero-order valence-corrected chi connectivity index (χ0v) is 30.3. The zero-order chi connectivity index (χ0) is 34.4. The monoisotopic (exact) mass is 647 g/mol. The highest BCUT2D eigenvalue weighted by Gasteiger charge is 2.56. The van der Waals surface area contributed by atoms with Crippen LogP contribution in [0.4, 0.5) is 28.4 Å². The molecule has 0 unspecified atom stereocenters. The quantitative estimate of drug-likeness (QED) is 0.177. The maximum Gasteiger partial charge on any atom is 0.252 e. The number of benzene rings is 6. The fourth-order valence-electron chi connectivity index (χ4n) is 9.49. The second kappa shape index (κ2) is 9.72. The van der Waals surface area contributed by atoms with Crippen LogP contribution in [-0.2, 0) is 5.41 Å². The summed E-state index contributed by atoms with van der Waals surface area (Å²) in [4.78, 5) is 5.17. The van der Waals surface area contributed by atoms with Gasteiger partial charge in [-0.05, 0) is 118 Å². The number of anilines is 5. The van der Waals surface area contributed by atoms with Gasteiger partial charge in [0.25, 0.3) is 6.71 Å². The van der Waals surface area contributed by atoms with E-state index < -0.39 is 0 Å². The normalized spacial score (nSPS) is 15.8. The highest BCUT2D eigenvalue weighted by molar-refractivity contribution is 7.00. The molecule has 7 aromatic rings. The highest BCUT2D eigenvalue weighted by Crippen LogP contribution is 2.56. The summed E-state index contributed by atoms with van der Waals surface area (Å²) >= 11 is 0. The van der Waals surface area contributed by atoms with Crippen LogP contribution >= 0.6 is 0 Å². The van der Waals surface area contributed by atoms with Gasteiger partial charge < -0.3 is 14.4 Å². The van der Waals surface area contributed by atoms with Crippen molar-refractivity contribution in [3.8, 4) is 5.69 Å². The number of para-hydroxylation sites is 1. The average molecular weight is 648 g/mol. The number of hydrogen-bond acceptors (Lipinski definition) is 2. The average Bonchev–Trinajstić information content (AvgIpc) is 3.48. The van der Waals surface area contributed by atoms with Gasteiger partial charge in [0.05, 0.1) is 11.2 Å². The molecule has 6 aromatic carbocycles. The molecule has 0 saturated heterocycles. The summed E-state index contributed by atoms with van der Waals surface area (Å²) in [5.41, 5.74) is 20.7. The van der Waals surface area contributed by atoms with Crippen LogP contribution in [0.3, 0.4) is 0 Å². The van der Waals surface area contributed by atoms with Crippen molar-refractivity contribution < 1.29 is 0 Å². The van der Waals surface area contributed by atoms with Crippen LogP contribution in [0, 0.1) is 27.7 Å². The Kier molecular flexibility index (Phi) is 5.77. The van der Waals surface area contributed by atoms with E-state index in [-0.39, 0.29) is 17.7 Å². The Morgan fingerprint density at radius 1 is 0.560 bits per heavy atom. The number of nitrogens with zero attached hydrogens (tertiary/aromatic N) is 3. The summed E-state index contributed by atoms with van der Waals surface area (Å²) < 4.78 is 2.60. The molecule has 0 amide bonds. The molecular weight excluding hydrogens is 605 g/mol. The van der Waals surface area contributed by atoms with E-state index in [1.54, 1.807) is 0 Å². The van der Waals surface area contributed by atoms with Crippen LogP contribution in [0.2, 0.25) is 0 Å². The second-order valence-electron chi connectivity index (χ2n) is 16.2. The van der Waals surface area contributed by atoms with Gasteiger partial charge in [-0.3, -0.25) is 0 Å². The van der Waals surface area contributed by atoms with E-state index in [4.69, 9.17) is 0 Å². The lowest BCUT2D eigenvalue weighted by atomic mass is 9.33. The fourth-order valence-corrected chi connectivity index (χ4v) is 9.49. The molecule has 3 nitrogen and oxygen atoms in total. The molecule has 0 radical (unpaired) electrons. The molecule has 0 spiro atoms. The van der Waals surface area contributed by atoms with E-state index in [9.17, 15) is 0 Å². The molecule has 10 rings (SSSR count). The van der Waals surface area contributed by atoms with E-state index >= 15 is 0 Å².